The van der Waals surface area contributed by atoms with Crippen LogP contribution >= 0.6 is 0 Å². The summed E-state index contributed by atoms with van der Waals surface area (Å²) >= 11 is 0. The van der Waals surface area contributed by atoms with Crippen LogP contribution in [0.1, 0.15) is 34.9 Å². The van der Waals surface area contributed by atoms with E-state index in [9.17, 15) is 9.90 Å². The van der Waals surface area contributed by atoms with Gasteiger partial charge in [-0.05, 0) is 43.1 Å². The van der Waals surface area contributed by atoms with Gasteiger partial charge in [-0.25, -0.2) is 0 Å². The van der Waals surface area contributed by atoms with Gasteiger partial charge in [0, 0.05) is 26.3 Å². The van der Waals surface area contributed by atoms with E-state index in [1.165, 1.54) is 7.11 Å². The van der Waals surface area contributed by atoms with Crippen LogP contribution in [0.25, 0.3) is 0 Å². The number of methoxy groups -OCH3 is 1. The van der Waals surface area contributed by atoms with E-state index in [0.717, 1.165) is 31.5 Å². The number of phenols is 1. The number of phenolic OH excluding ortho intramolecular Hbond substituents is 1. The molecule has 25 heavy (non-hydrogen) atoms. The highest BCUT2D eigenvalue weighted by molar-refractivity contribution is 5.92. The normalized spacial score (nSPS) is 17.3. The summed E-state index contributed by atoms with van der Waals surface area (Å²) in [5.41, 5.74) is 1.32. The Kier molecular flexibility index (Phi) is 5.23. The quantitative estimate of drug-likeness (QED) is 0.864. The molecule has 1 atom stereocenters. The number of aromatic nitrogens is 2. The SMILES string of the molecule is COc1cc(CN(C)C(=O)c2ccn(C3CCCNC3)n2)ccc1O. The third-order valence-electron chi connectivity index (χ3n) is 4.48. The van der Waals surface area contributed by atoms with E-state index in [2.05, 4.69) is 10.4 Å². The predicted molar refractivity (Wildman–Crippen MR) is 93.8 cm³/mol. The van der Waals surface area contributed by atoms with E-state index in [4.69, 9.17) is 4.74 Å². The Labute approximate surface area is 147 Å². The zero-order chi connectivity index (χ0) is 17.8. The number of rotatable bonds is 5. The van der Waals surface area contributed by atoms with Gasteiger partial charge in [0.2, 0.25) is 0 Å². The van der Waals surface area contributed by atoms with Crippen molar-refractivity contribution in [2.75, 3.05) is 27.2 Å². The molecule has 0 spiro atoms. The molecule has 1 aliphatic heterocycles. The number of carbonyl (C=O) groups excluding carboxylic acids is 1. The molecule has 1 aromatic heterocycles. The second-order valence-electron chi connectivity index (χ2n) is 6.35. The number of nitrogens with one attached hydrogen (secondary N) is 1. The minimum atomic E-state index is -0.130. The molecular weight excluding hydrogens is 320 g/mol. The van der Waals surface area contributed by atoms with Crippen LogP contribution in [0.3, 0.4) is 0 Å². The van der Waals surface area contributed by atoms with Crippen LogP contribution in [0, 0.1) is 0 Å². The molecule has 0 saturated carbocycles. The summed E-state index contributed by atoms with van der Waals surface area (Å²) in [4.78, 5) is 14.2. The summed E-state index contributed by atoms with van der Waals surface area (Å²) in [5.74, 6) is 0.349. The van der Waals surface area contributed by atoms with Crippen LogP contribution in [-0.2, 0) is 6.54 Å². The van der Waals surface area contributed by atoms with E-state index < -0.39 is 0 Å². The molecule has 1 saturated heterocycles. The Morgan fingerprint density at radius 3 is 3.04 bits per heavy atom. The van der Waals surface area contributed by atoms with Crippen LogP contribution in [0.2, 0.25) is 0 Å². The molecule has 0 bridgehead atoms. The predicted octanol–water partition coefficient (Wildman–Crippen LogP) is 1.79. The number of ether oxygens (including phenoxy) is 1. The highest BCUT2D eigenvalue weighted by Gasteiger charge is 2.20. The van der Waals surface area contributed by atoms with Gasteiger partial charge in [-0.3, -0.25) is 9.48 Å². The number of amides is 1. The molecular formula is C18H24N4O3. The fraction of sp³-hybridized carbons (Fsp3) is 0.444. The minimum absolute atomic E-state index is 0.0834. The Hall–Kier alpha value is -2.54. The van der Waals surface area contributed by atoms with Gasteiger partial charge in [-0.2, -0.15) is 5.10 Å². The first-order valence-electron chi connectivity index (χ1n) is 8.45. The molecule has 7 nitrogen and oxygen atoms in total. The minimum Gasteiger partial charge on any atom is -0.504 e. The molecule has 1 amide bonds. The second-order valence-corrected chi connectivity index (χ2v) is 6.35. The van der Waals surface area contributed by atoms with Gasteiger partial charge in [0.1, 0.15) is 5.69 Å². The zero-order valence-electron chi connectivity index (χ0n) is 14.6. The fourth-order valence-electron chi connectivity index (χ4n) is 3.08. The van der Waals surface area contributed by atoms with E-state index in [1.807, 2.05) is 10.9 Å². The summed E-state index contributed by atoms with van der Waals surface area (Å²) < 4.78 is 6.99. The van der Waals surface area contributed by atoms with Crippen molar-refractivity contribution in [1.82, 2.24) is 20.0 Å². The summed E-state index contributed by atoms with van der Waals surface area (Å²) in [5, 5.41) is 17.5. The highest BCUT2D eigenvalue weighted by atomic mass is 16.5. The molecule has 134 valence electrons. The largest absolute Gasteiger partial charge is 0.504 e. The number of carbonyl (C=O) groups is 1. The van der Waals surface area contributed by atoms with E-state index in [0.29, 0.717) is 24.0 Å². The van der Waals surface area contributed by atoms with Gasteiger partial charge in [0.25, 0.3) is 5.91 Å². The number of benzene rings is 1. The smallest absolute Gasteiger partial charge is 0.274 e. The maximum Gasteiger partial charge on any atom is 0.274 e. The van der Waals surface area contributed by atoms with Gasteiger partial charge in [0.15, 0.2) is 11.5 Å². The lowest BCUT2D eigenvalue weighted by atomic mass is 10.1. The van der Waals surface area contributed by atoms with Gasteiger partial charge in [-0.15, -0.1) is 0 Å². The van der Waals surface area contributed by atoms with Gasteiger partial charge in [-0.1, -0.05) is 6.07 Å². The Morgan fingerprint density at radius 2 is 2.32 bits per heavy atom. The first kappa shape index (κ1) is 17.3. The first-order valence-corrected chi connectivity index (χ1v) is 8.45. The standard InChI is InChI=1S/C18H24N4O3/c1-21(12-13-5-6-16(23)17(10-13)25-2)18(24)15-7-9-22(20-15)14-4-3-8-19-11-14/h5-7,9-10,14,19,23H,3-4,8,11-12H2,1-2H3. The van der Waals surface area contributed by atoms with Gasteiger partial charge >= 0.3 is 0 Å². The summed E-state index contributed by atoms with van der Waals surface area (Å²) in [6.45, 7) is 2.34. The number of nitrogens with zero attached hydrogens (tertiary/aromatic N) is 3. The van der Waals surface area contributed by atoms with Crippen molar-refractivity contribution < 1.29 is 14.6 Å². The van der Waals surface area contributed by atoms with Crippen molar-refractivity contribution in [3.8, 4) is 11.5 Å². The number of piperidine rings is 1. The third-order valence-corrected chi connectivity index (χ3v) is 4.48. The number of hydrogen-bond acceptors (Lipinski definition) is 5. The van der Waals surface area contributed by atoms with Gasteiger partial charge < -0.3 is 20.1 Å². The van der Waals surface area contributed by atoms with Crippen LogP contribution in [0.15, 0.2) is 30.5 Å². The lowest BCUT2D eigenvalue weighted by Gasteiger charge is -2.23. The maximum absolute atomic E-state index is 12.6. The van der Waals surface area contributed by atoms with E-state index >= 15 is 0 Å². The lowest BCUT2D eigenvalue weighted by molar-refractivity contribution is 0.0777. The third kappa shape index (κ3) is 3.93. The van der Waals surface area contributed by atoms with Crippen LogP contribution in [0.5, 0.6) is 11.5 Å². The van der Waals surface area contributed by atoms with Crippen LogP contribution in [-0.4, -0.2) is 52.9 Å². The number of hydrogen-bond donors (Lipinski definition) is 2. The second kappa shape index (κ2) is 7.57. The van der Waals surface area contributed by atoms with Crippen molar-refractivity contribution in [3.05, 3.63) is 41.7 Å². The van der Waals surface area contributed by atoms with Crippen molar-refractivity contribution in [2.24, 2.45) is 0 Å². The summed E-state index contributed by atoms with van der Waals surface area (Å²) in [7, 11) is 3.24. The monoisotopic (exact) mass is 344 g/mol. The molecule has 0 radical (unpaired) electrons. The molecule has 3 rings (SSSR count). The number of aromatic hydroxyl groups is 1. The van der Waals surface area contributed by atoms with Crippen molar-refractivity contribution in [3.63, 3.8) is 0 Å². The van der Waals surface area contributed by atoms with Gasteiger partial charge in [0.05, 0.1) is 13.2 Å². The molecule has 1 fully saturated rings. The summed E-state index contributed by atoms with van der Waals surface area (Å²) in [6, 6.07) is 7.14. The molecule has 2 aromatic rings. The Bertz CT molecular complexity index is 738. The Balaban J connectivity index is 1.67. The summed E-state index contributed by atoms with van der Waals surface area (Å²) in [6.07, 6.45) is 4.07. The van der Waals surface area contributed by atoms with E-state index in [1.54, 1.807) is 36.2 Å². The maximum atomic E-state index is 12.6. The van der Waals surface area contributed by atoms with Crippen LogP contribution in [0.4, 0.5) is 0 Å². The molecule has 2 N–H and O–H groups in total. The Morgan fingerprint density at radius 1 is 1.48 bits per heavy atom. The molecule has 2 heterocycles. The lowest BCUT2D eigenvalue weighted by Crippen LogP contribution is -2.32. The highest BCUT2D eigenvalue weighted by Crippen LogP contribution is 2.26. The fourth-order valence-corrected chi connectivity index (χ4v) is 3.08. The molecule has 1 aromatic carbocycles. The first-order chi connectivity index (χ1) is 12.1. The van der Waals surface area contributed by atoms with E-state index in [-0.39, 0.29) is 11.7 Å². The average molecular weight is 344 g/mol. The van der Waals surface area contributed by atoms with Crippen molar-refractivity contribution in [1.29, 1.82) is 0 Å². The molecule has 0 aliphatic carbocycles. The van der Waals surface area contributed by atoms with Crippen LogP contribution < -0.4 is 10.1 Å². The average Bonchev–Trinajstić information content (AvgIpc) is 3.13. The molecule has 1 aliphatic rings. The molecule has 7 heteroatoms. The molecule has 1 unspecified atom stereocenters. The zero-order valence-corrected chi connectivity index (χ0v) is 14.6. The van der Waals surface area contributed by atoms with Crippen molar-refractivity contribution in [2.45, 2.75) is 25.4 Å². The topological polar surface area (TPSA) is 79.6 Å². The van der Waals surface area contributed by atoms with Crippen molar-refractivity contribution >= 4 is 5.91 Å².